The van der Waals surface area contributed by atoms with Crippen LogP contribution in [-0.2, 0) is 9.53 Å². The number of amides is 1. The second-order valence-electron chi connectivity index (χ2n) is 4.71. The normalized spacial score (nSPS) is 20.6. The van der Waals surface area contributed by atoms with Crippen molar-refractivity contribution >= 4 is 5.91 Å². The minimum Gasteiger partial charge on any atom is -0.370 e. The van der Waals surface area contributed by atoms with Gasteiger partial charge in [0.15, 0.2) is 0 Å². The van der Waals surface area contributed by atoms with Crippen LogP contribution < -0.4 is 0 Å². The Bertz CT molecular complexity index is 375. The highest BCUT2D eigenvalue weighted by molar-refractivity contribution is 5.78. The summed E-state index contributed by atoms with van der Waals surface area (Å²) in [6.07, 6.45) is 0.0210. The van der Waals surface area contributed by atoms with E-state index in [4.69, 9.17) is 4.74 Å². The fourth-order valence-electron chi connectivity index (χ4n) is 2.08. The summed E-state index contributed by atoms with van der Waals surface area (Å²) in [7, 11) is 0. The summed E-state index contributed by atoms with van der Waals surface area (Å²) in [5.41, 5.74) is 1.15. The summed E-state index contributed by atoms with van der Waals surface area (Å²) in [6.45, 7) is 5.88. The largest absolute Gasteiger partial charge is 0.370 e. The highest BCUT2D eigenvalue weighted by Crippen LogP contribution is 2.22. The number of hydrogen-bond acceptors (Lipinski definition) is 2. The van der Waals surface area contributed by atoms with E-state index in [1.165, 1.54) is 0 Å². The van der Waals surface area contributed by atoms with Gasteiger partial charge in [-0.1, -0.05) is 44.2 Å². The lowest BCUT2D eigenvalue weighted by Crippen LogP contribution is -2.44. The first-order valence-corrected chi connectivity index (χ1v) is 6.14. The minimum atomic E-state index is 0.0210. The van der Waals surface area contributed by atoms with Crippen LogP contribution in [0.5, 0.6) is 0 Å². The van der Waals surface area contributed by atoms with Crippen LogP contribution in [0.25, 0.3) is 0 Å². The zero-order valence-electron chi connectivity index (χ0n) is 10.4. The van der Waals surface area contributed by atoms with Crippen molar-refractivity contribution < 1.29 is 9.53 Å². The molecule has 3 nitrogen and oxygen atoms in total. The maximum Gasteiger partial charge on any atom is 0.225 e. The third-order valence-corrected chi connectivity index (χ3v) is 3.04. The molecule has 0 spiro atoms. The van der Waals surface area contributed by atoms with Gasteiger partial charge in [0.1, 0.15) is 6.10 Å². The van der Waals surface area contributed by atoms with Crippen molar-refractivity contribution in [2.24, 2.45) is 5.92 Å². The van der Waals surface area contributed by atoms with E-state index in [1.807, 2.05) is 49.1 Å². The Morgan fingerprint density at radius 1 is 1.35 bits per heavy atom. The molecule has 3 heteroatoms. The molecule has 1 unspecified atom stereocenters. The van der Waals surface area contributed by atoms with E-state index in [1.54, 1.807) is 0 Å². The van der Waals surface area contributed by atoms with Gasteiger partial charge in [-0.2, -0.15) is 0 Å². The molecule has 0 aromatic heterocycles. The number of benzene rings is 1. The minimum absolute atomic E-state index is 0.0210. The smallest absolute Gasteiger partial charge is 0.225 e. The van der Waals surface area contributed by atoms with Crippen molar-refractivity contribution in [3.8, 4) is 0 Å². The Balaban J connectivity index is 2.05. The highest BCUT2D eigenvalue weighted by Gasteiger charge is 2.26. The molecule has 1 saturated heterocycles. The molecule has 2 rings (SSSR count). The van der Waals surface area contributed by atoms with E-state index in [2.05, 4.69) is 0 Å². The summed E-state index contributed by atoms with van der Waals surface area (Å²) in [5, 5.41) is 0. The summed E-state index contributed by atoms with van der Waals surface area (Å²) >= 11 is 0. The molecule has 0 N–H and O–H groups in total. The molecule has 0 saturated carbocycles. The lowest BCUT2D eigenvalue weighted by atomic mass is 10.1. The molecule has 1 aliphatic heterocycles. The molecule has 92 valence electrons. The topological polar surface area (TPSA) is 29.5 Å². The molecule has 0 bridgehead atoms. The van der Waals surface area contributed by atoms with Gasteiger partial charge in [-0.3, -0.25) is 4.79 Å². The van der Waals surface area contributed by atoms with E-state index in [0.29, 0.717) is 19.7 Å². The van der Waals surface area contributed by atoms with E-state index >= 15 is 0 Å². The number of hydrogen-bond donors (Lipinski definition) is 0. The predicted octanol–water partition coefficient (Wildman–Crippen LogP) is 2.24. The monoisotopic (exact) mass is 233 g/mol. The first kappa shape index (κ1) is 12.1. The Morgan fingerprint density at radius 2 is 2.06 bits per heavy atom. The third kappa shape index (κ3) is 2.86. The van der Waals surface area contributed by atoms with Crippen LogP contribution in [-0.4, -0.2) is 30.5 Å². The molecular formula is C14H19NO2. The van der Waals surface area contributed by atoms with E-state index in [-0.39, 0.29) is 17.9 Å². The lowest BCUT2D eigenvalue weighted by Gasteiger charge is -2.34. The van der Waals surface area contributed by atoms with Crippen molar-refractivity contribution in [1.82, 2.24) is 4.90 Å². The second-order valence-corrected chi connectivity index (χ2v) is 4.71. The number of carbonyl (C=O) groups excluding carboxylic acids is 1. The van der Waals surface area contributed by atoms with E-state index in [9.17, 15) is 4.79 Å². The van der Waals surface area contributed by atoms with Gasteiger partial charge in [-0.15, -0.1) is 0 Å². The summed E-state index contributed by atoms with van der Waals surface area (Å²) in [6, 6.07) is 10.1. The zero-order chi connectivity index (χ0) is 12.3. The first-order valence-electron chi connectivity index (χ1n) is 6.14. The van der Waals surface area contributed by atoms with Gasteiger partial charge in [0.05, 0.1) is 13.2 Å². The van der Waals surface area contributed by atoms with Crippen LogP contribution >= 0.6 is 0 Å². The van der Waals surface area contributed by atoms with Crippen LogP contribution in [0.3, 0.4) is 0 Å². The highest BCUT2D eigenvalue weighted by atomic mass is 16.5. The number of morpholine rings is 1. The lowest BCUT2D eigenvalue weighted by molar-refractivity contribution is -0.142. The Hall–Kier alpha value is -1.35. The zero-order valence-corrected chi connectivity index (χ0v) is 10.4. The SMILES string of the molecule is CC(C)C(=O)N1CCOC(c2ccccc2)C1. The standard InChI is InChI=1S/C14H19NO2/c1-11(2)14(16)15-8-9-17-13(10-15)12-6-4-3-5-7-12/h3-7,11,13H,8-10H2,1-2H3. The predicted molar refractivity (Wildman–Crippen MR) is 66.6 cm³/mol. The van der Waals surface area contributed by atoms with Crippen molar-refractivity contribution in [2.45, 2.75) is 20.0 Å². The van der Waals surface area contributed by atoms with Crippen LogP contribution in [0.2, 0.25) is 0 Å². The maximum atomic E-state index is 11.9. The molecule has 1 aromatic carbocycles. The average Bonchev–Trinajstić information content (AvgIpc) is 2.39. The van der Waals surface area contributed by atoms with Crippen molar-refractivity contribution in [1.29, 1.82) is 0 Å². The molecule has 17 heavy (non-hydrogen) atoms. The van der Waals surface area contributed by atoms with Gasteiger partial charge in [-0.25, -0.2) is 0 Å². The van der Waals surface area contributed by atoms with Crippen LogP contribution in [0.15, 0.2) is 30.3 Å². The van der Waals surface area contributed by atoms with Crippen molar-refractivity contribution in [2.75, 3.05) is 19.7 Å². The molecule has 1 aromatic rings. The summed E-state index contributed by atoms with van der Waals surface area (Å²) in [4.78, 5) is 13.9. The Labute approximate surface area is 102 Å². The summed E-state index contributed by atoms with van der Waals surface area (Å²) in [5.74, 6) is 0.277. The quantitative estimate of drug-likeness (QED) is 0.784. The van der Waals surface area contributed by atoms with E-state index < -0.39 is 0 Å². The molecule has 1 atom stereocenters. The van der Waals surface area contributed by atoms with E-state index in [0.717, 1.165) is 5.56 Å². The fourth-order valence-corrected chi connectivity index (χ4v) is 2.08. The number of rotatable bonds is 2. The van der Waals surface area contributed by atoms with Gasteiger partial charge in [0, 0.05) is 12.5 Å². The Kier molecular flexibility index (Phi) is 3.79. The number of ether oxygens (including phenoxy) is 1. The molecule has 1 fully saturated rings. The summed E-state index contributed by atoms with van der Waals surface area (Å²) < 4.78 is 5.73. The molecule has 0 radical (unpaired) electrons. The molecule has 1 amide bonds. The third-order valence-electron chi connectivity index (χ3n) is 3.04. The molecular weight excluding hydrogens is 214 g/mol. The average molecular weight is 233 g/mol. The second kappa shape index (κ2) is 5.32. The van der Waals surface area contributed by atoms with Gasteiger partial charge in [0.2, 0.25) is 5.91 Å². The molecule has 0 aliphatic carbocycles. The van der Waals surface area contributed by atoms with Crippen LogP contribution in [0.4, 0.5) is 0 Å². The van der Waals surface area contributed by atoms with Crippen LogP contribution in [0, 0.1) is 5.92 Å². The maximum absolute atomic E-state index is 11.9. The van der Waals surface area contributed by atoms with Gasteiger partial charge >= 0.3 is 0 Å². The van der Waals surface area contributed by atoms with Crippen molar-refractivity contribution in [3.63, 3.8) is 0 Å². The fraction of sp³-hybridized carbons (Fsp3) is 0.500. The van der Waals surface area contributed by atoms with Gasteiger partial charge in [-0.05, 0) is 5.56 Å². The van der Waals surface area contributed by atoms with Crippen molar-refractivity contribution in [3.05, 3.63) is 35.9 Å². The first-order chi connectivity index (χ1) is 8.18. The Morgan fingerprint density at radius 3 is 2.71 bits per heavy atom. The van der Waals surface area contributed by atoms with Crippen LogP contribution in [0.1, 0.15) is 25.5 Å². The number of carbonyl (C=O) groups is 1. The molecule has 1 aliphatic rings. The van der Waals surface area contributed by atoms with Gasteiger partial charge < -0.3 is 9.64 Å². The van der Waals surface area contributed by atoms with Gasteiger partial charge in [0.25, 0.3) is 0 Å². The number of nitrogens with zero attached hydrogens (tertiary/aromatic N) is 1. The molecule has 1 heterocycles.